The molecule has 3 rings (SSSR count). The maximum absolute atomic E-state index is 13.1. The second-order valence-corrected chi connectivity index (χ2v) is 8.12. The van der Waals surface area contributed by atoms with E-state index in [1.54, 1.807) is 30.3 Å². The number of benzene rings is 2. The molecule has 0 radical (unpaired) electrons. The normalized spacial score (nSPS) is 15.4. The van der Waals surface area contributed by atoms with Crippen molar-refractivity contribution in [2.45, 2.75) is 13.8 Å². The van der Waals surface area contributed by atoms with Gasteiger partial charge in [-0.3, -0.25) is 19.8 Å². The number of halogens is 2. The maximum atomic E-state index is 13.1. The van der Waals surface area contributed by atoms with Gasteiger partial charge in [-0.05, 0) is 90.6 Å². The molecule has 0 aliphatic carbocycles. The van der Waals surface area contributed by atoms with Crippen LogP contribution in [0.1, 0.15) is 19.4 Å². The summed E-state index contributed by atoms with van der Waals surface area (Å²) in [5, 5.41) is 3.02. The third-order valence-corrected chi connectivity index (χ3v) is 5.42. The Balaban J connectivity index is 2.04. The zero-order valence-electron chi connectivity index (χ0n) is 16.2. The molecule has 6 nitrogen and oxygen atoms in total. The average molecular weight is 557 g/mol. The molecule has 1 saturated heterocycles. The molecule has 156 valence electrons. The zero-order valence-corrected chi connectivity index (χ0v) is 19.9. The van der Waals surface area contributed by atoms with E-state index in [0.717, 1.165) is 3.57 Å². The lowest BCUT2D eigenvalue weighted by Gasteiger charge is -2.29. The molecule has 1 fully saturated rings. The van der Waals surface area contributed by atoms with Gasteiger partial charge in [-0.1, -0.05) is 17.7 Å². The predicted octanol–water partition coefficient (Wildman–Crippen LogP) is 4.57. The first-order chi connectivity index (χ1) is 14.3. The summed E-state index contributed by atoms with van der Waals surface area (Å²) in [5.41, 5.74) is 1.05. The molecule has 9 heteroatoms. The Labute approximate surface area is 198 Å². The Morgan fingerprint density at radius 1 is 1.17 bits per heavy atom. The van der Waals surface area contributed by atoms with Gasteiger partial charge in [0, 0.05) is 5.02 Å². The number of carbonyl (C=O) groups excluding carboxylic acids is 2. The van der Waals surface area contributed by atoms with Gasteiger partial charge in [0.2, 0.25) is 0 Å². The van der Waals surface area contributed by atoms with Crippen LogP contribution in [-0.2, 0) is 9.59 Å². The van der Waals surface area contributed by atoms with E-state index >= 15 is 0 Å². The highest BCUT2D eigenvalue weighted by Crippen LogP contribution is 2.35. The van der Waals surface area contributed by atoms with Crippen molar-refractivity contribution in [2.75, 3.05) is 18.1 Å². The van der Waals surface area contributed by atoms with Crippen molar-refractivity contribution in [2.24, 2.45) is 0 Å². The van der Waals surface area contributed by atoms with Crippen molar-refractivity contribution in [1.29, 1.82) is 0 Å². The van der Waals surface area contributed by atoms with Crippen LogP contribution in [0.25, 0.3) is 6.08 Å². The van der Waals surface area contributed by atoms with Crippen LogP contribution in [0, 0.1) is 3.57 Å². The lowest BCUT2D eigenvalue weighted by molar-refractivity contribution is -0.122. The first kappa shape index (κ1) is 22.5. The van der Waals surface area contributed by atoms with Crippen LogP contribution in [-0.4, -0.2) is 30.1 Å². The van der Waals surface area contributed by atoms with E-state index in [1.807, 2.05) is 19.9 Å². The summed E-state index contributed by atoms with van der Waals surface area (Å²) in [4.78, 5) is 26.9. The van der Waals surface area contributed by atoms with Crippen LogP contribution < -0.4 is 19.7 Å². The standard InChI is InChI=1S/C21H18ClIN2O4S/c1-3-28-17-10-12(9-16(23)18(17)29-4-2)8-15-19(26)24-21(30)25(20(15)27)14-7-5-6-13(22)11-14/h5-11H,3-4H2,1-2H3,(H,24,26,30)/b15-8-. The van der Waals surface area contributed by atoms with Gasteiger partial charge in [0.15, 0.2) is 16.6 Å². The summed E-state index contributed by atoms with van der Waals surface area (Å²) >= 11 is 13.4. The molecule has 2 amide bonds. The van der Waals surface area contributed by atoms with Crippen molar-refractivity contribution >= 4 is 75.1 Å². The fourth-order valence-electron chi connectivity index (χ4n) is 2.89. The molecule has 1 heterocycles. The van der Waals surface area contributed by atoms with Gasteiger partial charge in [-0.15, -0.1) is 0 Å². The van der Waals surface area contributed by atoms with Crippen LogP contribution in [0.15, 0.2) is 42.0 Å². The van der Waals surface area contributed by atoms with E-state index in [-0.39, 0.29) is 10.7 Å². The molecule has 2 aromatic carbocycles. The van der Waals surface area contributed by atoms with Gasteiger partial charge < -0.3 is 9.47 Å². The van der Waals surface area contributed by atoms with Gasteiger partial charge in [-0.25, -0.2) is 0 Å². The number of anilines is 1. The summed E-state index contributed by atoms with van der Waals surface area (Å²) in [5.74, 6) is 0.0743. The number of ether oxygens (including phenoxy) is 2. The highest BCUT2D eigenvalue weighted by molar-refractivity contribution is 14.1. The topological polar surface area (TPSA) is 67.9 Å². The number of nitrogens with one attached hydrogen (secondary N) is 1. The van der Waals surface area contributed by atoms with Crippen molar-refractivity contribution in [1.82, 2.24) is 5.32 Å². The minimum Gasteiger partial charge on any atom is -0.490 e. The molecule has 0 spiro atoms. The van der Waals surface area contributed by atoms with Crippen LogP contribution in [0.3, 0.4) is 0 Å². The van der Waals surface area contributed by atoms with Gasteiger partial charge in [0.25, 0.3) is 11.8 Å². The quantitative estimate of drug-likeness (QED) is 0.244. The van der Waals surface area contributed by atoms with Crippen LogP contribution in [0.2, 0.25) is 5.02 Å². The Kier molecular flexibility index (Phi) is 7.32. The summed E-state index contributed by atoms with van der Waals surface area (Å²) in [6, 6.07) is 10.2. The lowest BCUT2D eigenvalue weighted by atomic mass is 10.1. The predicted molar refractivity (Wildman–Crippen MR) is 129 cm³/mol. The first-order valence-electron chi connectivity index (χ1n) is 9.11. The Hall–Kier alpha value is -2.17. The van der Waals surface area contributed by atoms with Crippen molar-refractivity contribution in [3.8, 4) is 11.5 Å². The highest BCUT2D eigenvalue weighted by atomic mass is 127. The van der Waals surface area contributed by atoms with Crippen LogP contribution >= 0.6 is 46.4 Å². The number of rotatable bonds is 6. The lowest BCUT2D eigenvalue weighted by Crippen LogP contribution is -2.54. The number of hydrogen-bond acceptors (Lipinski definition) is 5. The number of carbonyl (C=O) groups is 2. The molecule has 1 aliphatic rings. The van der Waals surface area contributed by atoms with E-state index in [4.69, 9.17) is 33.3 Å². The maximum Gasteiger partial charge on any atom is 0.270 e. The van der Waals surface area contributed by atoms with Gasteiger partial charge in [0.1, 0.15) is 5.57 Å². The van der Waals surface area contributed by atoms with Crippen LogP contribution in [0.5, 0.6) is 11.5 Å². The summed E-state index contributed by atoms with van der Waals surface area (Å²) in [7, 11) is 0. The van der Waals surface area contributed by atoms with E-state index in [1.165, 1.54) is 11.0 Å². The smallest absolute Gasteiger partial charge is 0.270 e. The molecule has 1 N–H and O–H groups in total. The van der Waals surface area contributed by atoms with E-state index in [0.29, 0.717) is 41.0 Å². The zero-order chi connectivity index (χ0) is 21.8. The SMILES string of the molecule is CCOc1cc(/C=C2/C(=O)NC(=S)N(c3cccc(Cl)c3)C2=O)cc(I)c1OCC. The summed E-state index contributed by atoms with van der Waals surface area (Å²) < 4.78 is 12.2. The molecule has 0 aromatic heterocycles. The van der Waals surface area contributed by atoms with Gasteiger partial charge in [0.05, 0.1) is 22.5 Å². The second-order valence-electron chi connectivity index (χ2n) is 6.13. The summed E-state index contributed by atoms with van der Waals surface area (Å²) in [6.07, 6.45) is 1.51. The number of thiocarbonyl (C=S) groups is 1. The Bertz CT molecular complexity index is 1060. The third-order valence-electron chi connectivity index (χ3n) is 4.10. The van der Waals surface area contributed by atoms with E-state index in [2.05, 4.69) is 27.9 Å². The monoisotopic (exact) mass is 556 g/mol. The van der Waals surface area contributed by atoms with Crippen molar-refractivity contribution in [3.05, 3.63) is 56.1 Å². The average Bonchev–Trinajstić information content (AvgIpc) is 2.68. The van der Waals surface area contributed by atoms with E-state index in [9.17, 15) is 9.59 Å². The Morgan fingerprint density at radius 2 is 1.90 bits per heavy atom. The van der Waals surface area contributed by atoms with Crippen LogP contribution in [0.4, 0.5) is 5.69 Å². The molecule has 1 aliphatic heterocycles. The minimum atomic E-state index is -0.565. The third kappa shape index (κ3) is 4.76. The first-order valence-corrected chi connectivity index (χ1v) is 11.0. The van der Waals surface area contributed by atoms with Crippen molar-refractivity contribution in [3.63, 3.8) is 0 Å². The number of nitrogens with zero attached hydrogens (tertiary/aromatic N) is 1. The Morgan fingerprint density at radius 3 is 2.57 bits per heavy atom. The van der Waals surface area contributed by atoms with Gasteiger partial charge in [-0.2, -0.15) is 0 Å². The largest absolute Gasteiger partial charge is 0.490 e. The fraction of sp³-hybridized carbons (Fsp3) is 0.190. The van der Waals surface area contributed by atoms with Gasteiger partial charge >= 0.3 is 0 Å². The number of amides is 2. The highest BCUT2D eigenvalue weighted by Gasteiger charge is 2.34. The molecular formula is C21H18ClIN2O4S. The van der Waals surface area contributed by atoms with Crippen molar-refractivity contribution < 1.29 is 19.1 Å². The fourth-order valence-corrected chi connectivity index (χ4v) is 4.14. The molecule has 0 unspecified atom stereocenters. The molecule has 0 bridgehead atoms. The van der Waals surface area contributed by atoms with E-state index < -0.39 is 11.8 Å². The molecule has 30 heavy (non-hydrogen) atoms. The molecule has 0 atom stereocenters. The molecule has 0 saturated carbocycles. The molecular weight excluding hydrogens is 539 g/mol. The second kappa shape index (κ2) is 9.76. The summed E-state index contributed by atoms with van der Waals surface area (Å²) in [6.45, 7) is 4.70. The number of hydrogen-bond donors (Lipinski definition) is 1. The molecule has 2 aromatic rings. The minimum absolute atomic E-state index is 0.000645.